The molecule has 0 bridgehead atoms. The largest absolute Gasteiger partial charge is 0.352 e. The van der Waals surface area contributed by atoms with Crippen LogP contribution in [0.4, 0.5) is 5.69 Å². The van der Waals surface area contributed by atoms with Crippen molar-refractivity contribution in [3.05, 3.63) is 128 Å². The molecule has 12 heteroatoms. The van der Waals surface area contributed by atoms with E-state index in [1.165, 1.54) is 35.2 Å². The number of hydrogen-bond acceptors (Lipinski definition) is 4. The molecule has 4 aromatic rings. The highest BCUT2D eigenvalue weighted by Crippen LogP contribution is 2.34. The van der Waals surface area contributed by atoms with E-state index in [4.69, 9.17) is 46.4 Å². The third-order valence-corrected chi connectivity index (χ3v) is 11.2. The third kappa shape index (κ3) is 8.61. The maximum absolute atomic E-state index is 14.7. The average Bonchev–Trinajstić information content (AvgIpc) is 3.57. The van der Waals surface area contributed by atoms with E-state index in [1.54, 1.807) is 36.4 Å². The van der Waals surface area contributed by atoms with E-state index >= 15 is 0 Å². The lowest BCUT2D eigenvalue weighted by atomic mass is 10.0. The van der Waals surface area contributed by atoms with Gasteiger partial charge in [-0.1, -0.05) is 114 Å². The number of anilines is 1. The van der Waals surface area contributed by atoms with Gasteiger partial charge in [0.05, 0.1) is 15.6 Å². The molecule has 47 heavy (non-hydrogen) atoms. The summed E-state index contributed by atoms with van der Waals surface area (Å²) in [6.45, 7) is -0.830. The predicted molar refractivity (Wildman–Crippen MR) is 189 cm³/mol. The second kappa shape index (κ2) is 15.8. The Labute approximate surface area is 295 Å². The lowest BCUT2D eigenvalue weighted by Crippen LogP contribution is -2.54. The van der Waals surface area contributed by atoms with Gasteiger partial charge < -0.3 is 10.2 Å². The molecular formula is C35H33Cl4N3O4S. The van der Waals surface area contributed by atoms with Gasteiger partial charge in [-0.3, -0.25) is 13.9 Å². The number of rotatable bonds is 12. The molecule has 0 spiro atoms. The minimum atomic E-state index is -4.33. The van der Waals surface area contributed by atoms with Crippen LogP contribution in [0.1, 0.15) is 36.8 Å². The number of nitrogens with zero attached hydrogens (tertiary/aromatic N) is 2. The Hall–Kier alpha value is -3.27. The molecule has 5 rings (SSSR count). The molecule has 1 unspecified atom stereocenters. The van der Waals surface area contributed by atoms with Crippen LogP contribution >= 0.6 is 46.4 Å². The van der Waals surface area contributed by atoms with Gasteiger partial charge in [-0.25, -0.2) is 8.42 Å². The van der Waals surface area contributed by atoms with Gasteiger partial charge in [0.2, 0.25) is 11.8 Å². The lowest BCUT2D eigenvalue weighted by molar-refractivity contribution is -0.140. The van der Waals surface area contributed by atoms with Crippen molar-refractivity contribution < 1.29 is 18.0 Å². The summed E-state index contributed by atoms with van der Waals surface area (Å²) < 4.78 is 29.3. The molecule has 0 aliphatic heterocycles. The minimum absolute atomic E-state index is 0.0237. The summed E-state index contributed by atoms with van der Waals surface area (Å²) in [7, 11) is -4.33. The zero-order valence-electron chi connectivity index (χ0n) is 25.3. The molecule has 0 saturated heterocycles. The number of sulfonamides is 1. The van der Waals surface area contributed by atoms with Gasteiger partial charge in [-0.05, 0) is 60.9 Å². The molecule has 1 aliphatic carbocycles. The second-order valence-electron chi connectivity index (χ2n) is 11.3. The fraction of sp³-hybridized carbons (Fsp3) is 0.257. The third-order valence-electron chi connectivity index (χ3n) is 8.15. The molecule has 1 saturated carbocycles. The van der Waals surface area contributed by atoms with E-state index in [-0.39, 0.29) is 40.5 Å². The van der Waals surface area contributed by atoms with Crippen LogP contribution in [0.2, 0.25) is 20.1 Å². The summed E-state index contributed by atoms with van der Waals surface area (Å²) >= 11 is 25.9. The van der Waals surface area contributed by atoms with Crippen LogP contribution in [0.5, 0.6) is 0 Å². The molecule has 1 N–H and O–H groups in total. The van der Waals surface area contributed by atoms with Gasteiger partial charge in [0.25, 0.3) is 10.0 Å². The summed E-state index contributed by atoms with van der Waals surface area (Å²) in [5, 5.41) is 4.08. The maximum Gasteiger partial charge on any atom is 0.264 e. The number of nitrogens with one attached hydrogen (secondary N) is 1. The summed E-state index contributed by atoms with van der Waals surface area (Å²) in [4.78, 5) is 30.1. The molecule has 0 radical (unpaired) electrons. The first-order valence-electron chi connectivity index (χ1n) is 15.1. The van der Waals surface area contributed by atoms with E-state index in [1.807, 2.05) is 30.3 Å². The van der Waals surface area contributed by atoms with Crippen LogP contribution in [0.3, 0.4) is 0 Å². The van der Waals surface area contributed by atoms with E-state index in [2.05, 4.69) is 5.32 Å². The van der Waals surface area contributed by atoms with Crippen LogP contribution in [-0.4, -0.2) is 43.8 Å². The molecule has 0 heterocycles. The second-order valence-corrected chi connectivity index (χ2v) is 14.9. The van der Waals surface area contributed by atoms with Gasteiger partial charge in [-0.2, -0.15) is 0 Å². The van der Waals surface area contributed by atoms with Crippen LogP contribution in [0.15, 0.2) is 102 Å². The van der Waals surface area contributed by atoms with Crippen molar-refractivity contribution in [3.8, 4) is 0 Å². The molecule has 7 nitrogen and oxygen atoms in total. The van der Waals surface area contributed by atoms with Crippen molar-refractivity contribution in [1.29, 1.82) is 0 Å². The number of amides is 2. The summed E-state index contributed by atoms with van der Waals surface area (Å²) in [5.41, 5.74) is 1.30. The van der Waals surface area contributed by atoms with Crippen molar-refractivity contribution in [2.45, 2.75) is 55.6 Å². The van der Waals surface area contributed by atoms with E-state index in [0.717, 1.165) is 35.6 Å². The van der Waals surface area contributed by atoms with Crippen LogP contribution in [0, 0.1) is 0 Å². The Morgan fingerprint density at radius 1 is 0.787 bits per heavy atom. The quantitative estimate of drug-likeness (QED) is 0.159. The lowest BCUT2D eigenvalue weighted by Gasteiger charge is -2.35. The molecule has 1 atom stereocenters. The molecular weight excluding hydrogens is 700 g/mol. The number of carbonyl (C=O) groups is 2. The first-order valence-corrected chi connectivity index (χ1v) is 18.1. The Bertz CT molecular complexity index is 1800. The van der Waals surface area contributed by atoms with Crippen molar-refractivity contribution in [1.82, 2.24) is 10.2 Å². The molecule has 4 aromatic carbocycles. The van der Waals surface area contributed by atoms with Crippen LogP contribution < -0.4 is 9.62 Å². The highest BCUT2D eigenvalue weighted by molar-refractivity contribution is 7.92. The normalized spacial score (nSPS) is 14.0. The van der Waals surface area contributed by atoms with Gasteiger partial charge in [-0.15, -0.1) is 0 Å². The molecule has 2 amide bonds. The van der Waals surface area contributed by atoms with Gasteiger partial charge in [0.15, 0.2) is 0 Å². The average molecular weight is 734 g/mol. The zero-order valence-corrected chi connectivity index (χ0v) is 29.1. The van der Waals surface area contributed by atoms with Gasteiger partial charge >= 0.3 is 0 Å². The minimum Gasteiger partial charge on any atom is -0.352 e. The smallest absolute Gasteiger partial charge is 0.264 e. The van der Waals surface area contributed by atoms with Gasteiger partial charge in [0.1, 0.15) is 12.6 Å². The number of benzene rings is 4. The Morgan fingerprint density at radius 3 is 2.02 bits per heavy atom. The van der Waals surface area contributed by atoms with E-state index in [0.29, 0.717) is 20.6 Å². The Balaban J connectivity index is 1.61. The summed E-state index contributed by atoms with van der Waals surface area (Å²) in [6, 6.07) is 25.4. The standard InChI is InChI=1S/C35H33Cl4N3O4S/c36-25-18-19-32(31(39)21-25)42(47(45,46)27-14-5-2-6-15-27)23-34(43)41(22-28-29(37)16-9-17-30(28)38)33(20-24-10-3-1-4-11-24)35(44)40-26-12-7-8-13-26/h1-6,9-11,14-19,21,26,33H,7-8,12-13,20,22-23H2,(H,40,44). The van der Waals surface area contributed by atoms with E-state index in [9.17, 15) is 18.0 Å². The number of hydrogen-bond donors (Lipinski definition) is 1. The number of halogens is 4. The summed E-state index contributed by atoms with van der Waals surface area (Å²) in [5.74, 6) is -1.01. The van der Waals surface area contributed by atoms with Crippen molar-refractivity contribution in [2.75, 3.05) is 10.8 Å². The molecule has 1 aliphatic rings. The number of carbonyl (C=O) groups excluding carboxylic acids is 2. The topological polar surface area (TPSA) is 86.8 Å². The molecule has 246 valence electrons. The first kappa shape index (κ1) is 35.0. The van der Waals surface area contributed by atoms with Crippen molar-refractivity contribution in [3.63, 3.8) is 0 Å². The monoisotopic (exact) mass is 731 g/mol. The van der Waals surface area contributed by atoms with Crippen molar-refractivity contribution in [2.24, 2.45) is 0 Å². The van der Waals surface area contributed by atoms with E-state index < -0.39 is 28.5 Å². The van der Waals surface area contributed by atoms with Crippen molar-refractivity contribution >= 4 is 73.9 Å². The van der Waals surface area contributed by atoms with Crippen LogP contribution in [0.25, 0.3) is 0 Å². The Morgan fingerprint density at radius 2 is 1.40 bits per heavy atom. The molecule has 0 aromatic heterocycles. The maximum atomic E-state index is 14.7. The molecule has 1 fully saturated rings. The predicted octanol–water partition coefficient (Wildman–Crippen LogP) is 8.19. The SMILES string of the molecule is O=C(NC1CCCC1)C(Cc1ccccc1)N(Cc1c(Cl)cccc1Cl)C(=O)CN(c1ccc(Cl)cc1Cl)S(=O)(=O)c1ccccc1. The highest BCUT2D eigenvalue weighted by Gasteiger charge is 2.36. The van der Waals surface area contributed by atoms with Crippen LogP contribution in [-0.2, 0) is 32.6 Å². The Kier molecular flexibility index (Phi) is 11.7. The fourth-order valence-electron chi connectivity index (χ4n) is 5.69. The van der Waals surface area contributed by atoms with Gasteiger partial charge in [0, 0.05) is 39.6 Å². The highest BCUT2D eigenvalue weighted by atomic mass is 35.5. The zero-order chi connectivity index (χ0) is 33.6. The first-order chi connectivity index (χ1) is 22.5. The summed E-state index contributed by atoms with van der Waals surface area (Å²) in [6.07, 6.45) is 3.85. The fourth-order valence-corrected chi connectivity index (χ4v) is 8.22.